The van der Waals surface area contributed by atoms with Crippen molar-refractivity contribution in [1.29, 1.82) is 5.26 Å². The third-order valence-corrected chi connectivity index (χ3v) is 8.30. The van der Waals surface area contributed by atoms with Gasteiger partial charge in [-0.25, -0.2) is 23.4 Å². The van der Waals surface area contributed by atoms with Crippen LogP contribution in [0.2, 0.25) is 0 Å². The molecule has 11 nitrogen and oxygen atoms in total. The molecule has 1 N–H and O–H groups in total. The molecule has 0 bridgehead atoms. The lowest BCUT2D eigenvalue weighted by molar-refractivity contribution is 0.0719. The van der Waals surface area contributed by atoms with Gasteiger partial charge < -0.3 is 9.88 Å². The van der Waals surface area contributed by atoms with E-state index in [9.17, 15) is 13.7 Å². The van der Waals surface area contributed by atoms with E-state index in [1.54, 1.807) is 24.1 Å². The quantitative estimate of drug-likeness (QED) is 0.423. The van der Waals surface area contributed by atoms with Crippen molar-refractivity contribution in [2.45, 2.75) is 18.9 Å². The minimum absolute atomic E-state index is 0.0309. The van der Waals surface area contributed by atoms with Gasteiger partial charge in [0.25, 0.3) is 0 Å². The molecule has 33 heavy (non-hydrogen) atoms. The Balaban J connectivity index is 1.50. The number of anilines is 2. The second kappa shape index (κ2) is 7.91. The largest absolute Gasteiger partial charge is 0.338 e. The van der Waals surface area contributed by atoms with E-state index < -0.39 is 15.6 Å². The summed E-state index contributed by atoms with van der Waals surface area (Å²) in [5.41, 5.74) is 0.778. The number of nitrogens with zero attached hydrogens (tertiary/aromatic N) is 8. The standard InChI is InChI=1S/C20H21N9O2S2/c1-3-33(30,31)28-11-20(12-28,5-6-21)29-9-14(8-23-29)17-15-4-7-32-18(15)26-19(25-17)24-16-10-27(2)13-22-16/h4,7-10,13H,3,5,11-12H2,1-2H3,(H,24,25,26). The van der Waals surface area contributed by atoms with Crippen LogP contribution < -0.4 is 5.32 Å². The SMILES string of the molecule is CCS(=O)(=O)N1CC(CC#N)(n2cc(-c3nc(Nc4cn(C)cn4)nc4sccc34)cn2)C1. The zero-order chi connectivity index (χ0) is 23.2. The highest BCUT2D eigenvalue weighted by molar-refractivity contribution is 7.89. The summed E-state index contributed by atoms with van der Waals surface area (Å²) in [6, 6.07) is 4.15. The third-order valence-electron chi connectivity index (χ3n) is 5.72. The van der Waals surface area contributed by atoms with Gasteiger partial charge in [-0.2, -0.15) is 14.7 Å². The van der Waals surface area contributed by atoms with Crippen LogP contribution in [0.1, 0.15) is 13.3 Å². The van der Waals surface area contributed by atoms with Crippen molar-refractivity contribution in [2.75, 3.05) is 24.2 Å². The predicted octanol–water partition coefficient (Wildman–Crippen LogP) is 2.31. The smallest absolute Gasteiger partial charge is 0.230 e. The molecule has 0 atom stereocenters. The summed E-state index contributed by atoms with van der Waals surface area (Å²) >= 11 is 1.51. The molecule has 0 spiro atoms. The van der Waals surface area contributed by atoms with Gasteiger partial charge in [-0.05, 0) is 18.4 Å². The predicted molar refractivity (Wildman–Crippen MR) is 124 cm³/mol. The fourth-order valence-corrected chi connectivity index (χ4v) is 5.91. The van der Waals surface area contributed by atoms with E-state index in [0.29, 0.717) is 17.5 Å². The van der Waals surface area contributed by atoms with E-state index in [2.05, 4.69) is 26.5 Å². The van der Waals surface area contributed by atoms with Crippen LogP contribution in [0, 0.1) is 11.3 Å². The van der Waals surface area contributed by atoms with E-state index in [1.807, 2.05) is 35.5 Å². The number of hydrogen-bond acceptors (Lipinski definition) is 9. The monoisotopic (exact) mass is 483 g/mol. The number of imidazole rings is 1. The molecule has 4 aromatic heterocycles. The van der Waals surface area contributed by atoms with Gasteiger partial charge in [0.2, 0.25) is 16.0 Å². The molecular weight excluding hydrogens is 462 g/mol. The molecule has 0 saturated carbocycles. The number of sulfonamides is 1. The van der Waals surface area contributed by atoms with Crippen LogP contribution in [0.5, 0.6) is 0 Å². The Hall–Kier alpha value is -3.34. The summed E-state index contributed by atoms with van der Waals surface area (Å²) in [6.45, 7) is 2.06. The molecule has 5 heterocycles. The molecule has 170 valence electrons. The van der Waals surface area contributed by atoms with Crippen LogP contribution in [0.4, 0.5) is 11.8 Å². The first-order chi connectivity index (χ1) is 15.8. The Morgan fingerprint density at radius 2 is 2.12 bits per heavy atom. The number of nitrogens with one attached hydrogen (secondary N) is 1. The first kappa shape index (κ1) is 21.5. The Morgan fingerprint density at radius 3 is 2.82 bits per heavy atom. The van der Waals surface area contributed by atoms with Crippen LogP contribution in [0.15, 0.2) is 36.4 Å². The number of aromatic nitrogens is 6. The second-order valence-electron chi connectivity index (χ2n) is 7.99. The van der Waals surface area contributed by atoms with Gasteiger partial charge >= 0.3 is 0 Å². The van der Waals surface area contributed by atoms with E-state index in [1.165, 1.54) is 15.6 Å². The molecule has 0 radical (unpaired) electrons. The van der Waals surface area contributed by atoms with E-state index in [-0.39, 0.29) is 25.3 Å². The number of hydrogen-bond donors (Lipinski definition) is 1. The van der Waals surface area contributed by atoms with Crippen molar-refractivity contribution >= 4 is 43.3 Å². The van der Waals surface area contributed by atoms with E-state index in [0.717, 1.165) is 15.8 Å². The van der Waals surface area contributed by atoms with Crippen LogP contribution in [0.3, 0.4) is 0 Å². The fourth-order valence-electron chi connectivity index (χ4n) is 3.90. The normalized spacial score (nSPS) is 15.9. The zero-order valence-corrected chi connectivity index (χ0v) is 19.6. The maximum Gasteiger partial charge on any atom is 0.230 e. The number of aryl methyl sites for hydroxylation is 1. The van der Waals surface area contributed by atoms with Gasteiger partial charge in [-0.15, -0.1) is 11.3 Å². The summed E-state index contributed by atoms with van der Waals surface area (Å²) in [5.74, 6) is 1.08. The fraction of sp³-hybridized carbons (Fsp3) is 0.350. The molecule has 4 aromatic rings. The van der Waals surface area contributed by atoms with E-state index >= 15 is 0 Å². The molecule has 5 rings (SSSR count). The Bertz CT molecular complexity index is 1470. The molecule has 0 aliphatic carbocycles. The Labute approximate surface area is 194 Å². The third kappa shape index (κ3) is 3.75. The number of thiophene rings is 1. The van der Waals surface area contributed by atoms with Crippen LogP contribution in [-0.2, 0) is 22.6 Å². The Kier molecular flexibility index (Phi) is 5.15. The number of rotatable bonds is 7. The summed E-state index contributed by atoms with van der Waals surface area (Å²) in [7, 11) is -1.43. The Morgan fingerprint density at radius 1 is 1.30 bits per heavy atom. The molecule has 13 heteroatoms. The molecule has 1 saturated heterocycles. The topological polar surface area (TPSA) is 135 Å². The summed E-state index contributed by atoms with van der Waals surface area (Å²) in [6.07, 6.45) is 7.20. The maximum atomic E-state index is 12.2. The molecular formula is C20H21N9O2S2. The highest BCUT2D eigenvalue weighted by atomic mass is 32.2. The van der Waals surface area contributed by atoms with Gasteiger partial charge in [0, 0.05) is 43.5 Å². The summed E-state index contributed by atoms with van der Waals surface area (Å²) in [5, 5.41) is 19.9. The van der Waals surface area contributed by atoms with Crippen molar-refractivity contribution in [3.05, 3.63) is 36.4 Å². The number of fused-ring (bicyclic) bond motifs is 1. The van der Waals surface area contributed by atoms with E-state index in [4.69, 9.17) is 4.98 Å². The van der Waals surface area contributed by atoms with Crippen LogP contribution in [-0.4, -0.2) is 60.9 Å². The average Bonchev–Trinajstić information content (AvgIpc) is 3.51. The summed E-state index contributed by atoms with van der Waals surface area (Å²) < 4.78 is 29.4. The average molecular weight is 484 g/mol. The second-order valence-corrected chi connectivity index (χ2v) is 11.1. The van der Waals surface area contributed by atoms with Crippen molar-refractivity contribution in [3.8, 4) is 17.3 Å². The molecule has 1 aliphatic heterocycles. The molecule has 0 aromatic carbocycles. The number of nitriles is 1. The lowest BCUT2D eigenvalue weighted by Gasteiger charge is -2.47. The molecule has 1 fully saturated rings. The lowest BCUT2D eigenvalue weighted by atomic mass is 9.89. The van der Waals surface area contributed by atoms with Gasteiger partial charge in [-0.1, -0.05) is 0 Å². The first-order valence-electron chi connectivity index (χ1n) is 10.2. The first-order valence-corrected chi connectivity index (χ1v) is 12.7. The van der Waals surface area contributed by atoms with Crippen molar-refractivity contribution in [2.24, 2.45) is 7.05 Å². The van der Waals surface area contributed by atoms with Crippen molar-refractivity contribution in [1.82, 2.24) is 33.6 Å². The van der Waals surface area contributed by atoms with Gasteiger partial charge in [0.15, 0.2) is 5.82 Å². The van der Waals surface area contributed by atoms with Crippen molar-refractivity contribution < 1.29 is 8.42 Å². The minimum atomic E-state index is -3.31. The lowest BCUT2D eigenvalue weighted by Crippen LogP contribution is -2.64. The minimum Gasteiger partial charge on any atom is -0.338 e. The zero-order valence-electron chi connectivity index (χ0n) is 18.0. The van der Waals surface area contributed by atoms with Crippen LogP contribution in [0.25, 0.3) is 21.5 Å². The summed E-state index contributed by atoms with van der Waals surface area (Å²) in [4.78, 5) is 14.4. The maximum absolute atomic E-state index is 12.2. The van der Waals surface area contributed by atoms with Gasteiger partial charge in [-0.3, -0.25) is 4.68 Å². The highest BCUT2D eigenvalue weighted by Gasteiger charge is 2.49. The molecule has 1 aliphatic rings. The van der Waals surface area contributed by atoms with Gasteiger partial charge in [0.1, 0.15) is 10.4 Å². The van der Waals surface area contributed by atoms with Crippen LogP contribution >= 0.6 is 11.3 Å². The molecule has 0 amide bonds. The van der Waals surface area contributed by atoms with Crippen molar-refractivity contribution in [3.63, 3.8) is 0 Å². The highest BCUT2D eigenvalue weighted by Crippen LogP contribution is 2.36. The van der Waals surface area contributed by atoms with Gasteiger partial charge in [0.05, 0.1) is 36.5 Å². The molecule has 0 unspecified atom stereocenters.